The number of halogens is 1. The summed E-state index contributed by atoms with van der Waals surface area (Å²) in [5.41, 5.74) is -0.128. The first-order valence-corrected chi connectivity index (χ1v) is 5.56. The van der Waals surface area contributed by atoms with Gasteiger partial charge in [-0.15, -0.1) is 0 Å². The van der Waals surface area contributed by atoms with E-state index >= 15 is 0 Å². The molecule has 2 rings (SSSR count). The molecule has 8 heteroatoms. The molecule has 0 unspecified atom stereocenters. The molecule has 0 saturated carbocycles. The van der Waals surface area contributed by atoms with Crippen LogP contribution in [0.25, 0.3) is 0 Å². The van der Waals surface area contributed by atoms with Crippen molar-refractivity contribution in [3.63, 3.8) is 0 Å². The average molecular weight is 259 g/mol. The molecule has 92 valence electrons. The van der Waals surface area contributed by atoms with Crippen molar-refractivity contribution in [2.45, 2.75) is 6.42 Å². The van der Waals surface area contributed by atoms with Crippen LogP contribution in [0, 0.1) is 10.1 Å². The van der Waals surface area contributed by atoms with Crippen LogP contribution >= 0.6 is 11.6 Å². The molecule has 1 saturated heterocycles. The Morgan fingerprint density at radius 3 is 3.06 bits per heavy atom. The third-order valence-corrected chi connectivity index (χ3v) is 2.62. The van der Waals surface area contributed by atoms with Gasteiger partial charge in [0.1, 0.15) is 6.20 Å². The summed E-state index contributed by atoms with van der Waals surface area (Å²) in [7, 11) is 0. The highest BCUT2D eigenvalue weighted by Crippen LogP contribution is 2.26. The first kappa shape index (κ1) is 12.0. The molecule has 1 aliphatic rings. The molecule has 1 fully saturated rings. The maximum Gasteiger partial charge on any atom is 0.329 e. The summed E-state index contributed by atoms with van der Waals surface area (Å²) in [5, 5.41) is 10.9. The molecule has 1 aromatic rings. The van der Waals surface area contributed by atoms with Crippen LogP contribution in [0.5, 0.6) is 0 Å². The Balaban J connectivity index is 2.34. The fraction of sp³-hybridized carbons (Fsp3) is 0.556. The molecule has 0 spiro atoms. The van der Waals surface area contributed by atoms with E-state index in [4.69, 9.17) is 16.3 Å². The summed E-state index contributed by atoms with van der Waals surface area (Å²) in [4.78, 5) is 19.8. The number of nitrogens with zero attached hydrogens (tertiary/aromatic N) is 4. The SMILES string of the molecule is O=[N+]([O-])c1cnc(Cl)nc1N1CCCOCC1. The number of ether oxygens (including phenoxy) is 1. The molecular weight excluding hydrogens is 248 g/mol. The minimum absolute atomic E-state index is 0.00997. The van der Waals surface area contributed by atoms with E-state index in [2.05, 4.69) is 9.97 Å². The largest absolute Gasteiger partial charge is 0.380 e. The Morgan fingerprint density at radius 2 is 2.29 bits per heavy atom. The van der Waals surface area contributed by atoms with Gasteiger partial charge in [0.25, 0.3) is 0 Å². The van der Waals surface area contributed by atoms with Crippen molar-refractivity contribution in [1.29, 1.82) is 0 Å². The fourth-order valence-corrected chi connectivity index (χ4v) is 1.79. The van der Waals surface area contributed by atoms with Crippen LogP contribution in [0.3, 0.4) is 0 Å². The highest BCUT2D eigenvalue weighted by molar-refractivity contribution is 6.28. The summed E-state index contributed by atoms with van der Waals surface area (Å²) < 4.78 is 5.29. The smallest absolute Gasteiger partial charge is 0.329 e. The van der Waals surface area contributed by atoms with Gasteiger partial charge in [0, 0.05) is 19.7 Å². The van der Waals surface area contributed by atoms with E-state index in [0.717, 1.165) is 12.6 Å². The number of hydrogen-bond donors (Lipinski definition) is 0. The first-order valence-electron chi connectivity index (χ1n) is 5.18. The van der Waals surface area contributed by atoms with Crippen LogP contribution in [0.1, 0.15) is 6.42 Å². The van der Waals surface area contributed by atoms with Crippen molar-refractivity contribution in [3.8, 4) is 0 Å². The molecule has 0 aliphatic carbocycles. The van der Waals surface area contributed by atoms with E-state index in [1.807, 2.05) is 0 Å². The third kappa shape index (κ3) is 2.80. The molecule has 0 radical (unpaired) electrons. The highest BCUT2D eigenvalue weighted by Gasteiger charge is 2.23. The van der Waals surface area contributed by atoms with Gasteiger partial charge in [-0.05, 0) is 18.0 Å². The topological polar surface area (TPSA) is 81.4 Å². The summed E-state index contributed by atoms with van der Waals surface area (Å²) in [6.45, 7) is 2.41. The molecule has 0 aromatic carbocycles. The molecule has 7 nitrogen and oxygen atoms in total. The quantitative estimate of drug-likeness (QED) is 0.451. The van der Waals surface area contributed by atoms with Gasteiger partial charge in [0.2, 0.25) is 11.1 Å². The van der Waals surface area contributed by atoms with Crippen LogP contribution in [-0.2, 0) is 4.74 Å². The number of hydrogen-bond acceptors (Lipinski definition) is 6. The Morgan fingerprint density at radius 1 is 1.47 bits per heavy atom. The highest BCUT2D eigenvalue weighted by atomic mass is 35.5. The van der Waals surface area contributed by atoms with Crippen molar-refractivity contribution >= 4 is 23.1 Å². The van der Waals surface area contributed by atoms with Crippen molar-refractivity contribution < 1.29 is 9.66 Å². The van der Waals surface area contributed by atoms with Crippen LogP contribution in [0.2, 0.25) is 5.28 Å². The first-order chi connectivity index (χ1) is 8.18. The summed E-state index contributed by atoms with van der Waals surface area (Å²) in [6.07, 6.45) is 1.94. The van der Waals surface area contributed by atoms with Crippen molar-refractivity contribution in [2.24, 2.45) is 0 Å². The van der Waals surface area contributed by atoms with E-state index in [1.54, 1.807) is 4.90 Å². The molecule has 0 amide bonds. The van der Waals surface area contributed by atoms with E-state index in [0.29, 0.717) is 26.3 Å². The Hall–Kier alpha value is -1.47. The zero-order valence-corrected chi connectivity index (χ0v) is 9.76. The molecule has 0 atom stereocenters. The fourth-order valence-electron chi connectivity index (χ4n) is 1.67. The third-order valence-electron chi connectivity index (χ3n) is 2.44. The van der Waals surface area contributed by atoms with Gasteiger partial charge in [-0.25, -0.2) is 4.98 Å². The minimum atomic E-state index is -0.503. The monoisotopic (exact) mass is 258 g/mol. The second-order valence-corrected chi connectivity index (χ2v) is 3.90. The van der Waals surface area contributed by atoms with E-state index in [1.165, 1.54) is 0 Å². The predicted molar refractivity (Wildman–Crippen MR) is 61.3 cm³/mol. The molecular formula is C9H11ClN4O3. The molecule has 1 aromatic heterocycles. The molecule has 2 heterocycles. The van der Waals surface area contributed by atoms with Crippen LogP contribution in [0.15, 0.2) is 6.20 Å². The molecule has 17 heavy (non-hydrogen) atoms. The lowest BCUT2D eigenvalue weighted by atomic mass is 10.3. The molecule has 0 bridgehead atoms. The minimum Gasteiger partial charge on any atom is -0.380 e. The number of aromatic nitrogens is 2. The lowest BCUT2D eigenvalue weighted by Gasteiger charge is -2.19. The van der Waals surface area contributed by atoms with Gasteiger partial charge in [-0.3, -0.25) is 10.1 Å². The normalized spacial score (nSPS) is 16.6. The maximum absolute atomic E-state index is 10.9. The van der Waals surface area contributed by atoms with Crippen LogP contribution in [-0.4, -0.2) is 41.2 Å². The Labute approximate surface area is 103 Å². The van der Waals surface area contributed by atoms with Crippen LogP contribution in [0.4, 0.5) is 11.5 Å². The predicted octanol–water partition coefficient (Wildman–Crippen LogP) is 1.26. The van der Waals surface area contributed by atoms with Gasteiger partial charge in [0.15, 0.2) is 0 Å². The van der Waals surface area contributed by atoms with Crippen molar-refractivity contribution in [3.05, 3.63) is 21.6 Å². The second-order valence-electron chi connectivity index (χ2n) is 3.56. The zero-order valence-electron chi connectivity index (χ0n) is 9.00. The van der Waals surface area contributed by atoms with Gasteiger partial charge in [-0.1, -0.05) is 0 Å². The van der Waals surface area contributed by atoms with Gasteiger partial charge in [-0.2, -0.15) is 4.98 Å². The van der Waals surface area contributed by atoms with Crippen molar-refractivity contribution in [1.82, 2.24) is 9.97 Å². The standard InChI is InChI=1S/C9H11ClN4O3/c10-9-11-6-7(14(15)16)8(12-9)13-2-1-4-17-5-3-13/h6H,1-5H2. The Kier molecular flexibility index (Phi) is 3.70. The number of rotatable bonds is 2. The lowest BCUT2D eigenvalue weighted by molar-refractivity contribution is -0.384. The second kappa shape index (κ2) is 5.24. The summed E-state index contributed by atoms with van der Waals surface area (Å²) in [5.74, 6) is 0.264. The zero-order chi connectivity index (χ0) is 12.3. The average Bonchev–Trinajstić information content (AvgIpc) is 2.56. The van der Waals surface area contributed by atoms with Gasteiger partial charge in [0.05, 0.1) is 11.5 Å². The summed E-state index contributed by atoms with van der Waals surface area (Å²) in [6, 6.07) is 0. The van der Waals surface area contributed by atoms with Gasteiger partial charge < -0.3 is 9.64 Å². The lowest BCUT2D eigenvalue weighted by Crippen LogP contribution is -2.27. The molecule has 0 N–H and O–H groups in total. The molecule has 1 aliphatic heterocycles. The summed E-state index contributed by atoms with van der Waals surface area (Å²) >= 11 is 5.68. The van der Waals surface area contributed by atoms with E-state index in [-0.39, 0.29) is 16.8 Å². The Bertz CT molecular complexity index is 421. The van der Waals surface area contributed by atoms with Crippen LogP contribution < -0.4 is 4.90 Å². The maximum atomic E-state index is 10.9. The van der Waals surface area contributed by atoms with Gasteiger partial charge >= 0.3 is 5.69 Å². The van der Waals surface area contributed by atoms with E-state index in [9.17, 15) is 10.1 Å². The van der Waals surface area contributed by atoms with Crippen molar-refractivity contribution in [2.75, 3.05) is 31.2 Å². The number of nitro groups is 1. The van der Waals surface area contributed by atoms with E-state index < -0.39 is 4.92 Å². The number of anilines is 1.